The van der Waals surface area contributed by atoms with Crippen molar-refractivity contribution in [1.82, 2.24) is 4.90 Å². The van der Waals surface area contributed by atoms with Crippen LogP contribution >= 0.6 is 11.6 Å². The van der Waals surface area contributed by atoms with Gasteiger partial charge in [-0.1, -0.05) is 43.0 Å². The third kappa shape index (κ3) is 4.54. The highest BCUT2D eigenvalue weighted by Crippen LogP contribution is 2.26. The number of nitrogens with zero attached hydrogens (tertiary/aromatic N) is 1. The maximum atomic E-state index is 12.2. The minimum absolute atomic E-state index is 0.256. The third-order valence-electron chi connectivity index (χ3n) is 3.92. The van der Waals surface area contributed by atoms with Gasteiger partial charge in [0.15, 0.2) is 0 Å². The van der Waals surface area contributed by atoms with Crippen LogP contribution in [0.3, 0.4) is 0 Å². The van der Waals surface area contributed by atoms with Gasteiger partial charge in [0.1, 0.15) is 0 Å². The molecule has 2 nitrogen and oxygen atoms in total. The van der Waals surface area contributed by atoms with Crippen LogP contribution in [0.4, 0.5) is 0 Å². The molecule has 0 aliphatic heterocycles. The highest BCUT2D eigenvalue weighted by atomic mass is 35.5. The SMILES string of the molecule is CN(Cc1cccc(Cl)c1)C(=O)CC1CCCCC1. The molecule has 1 aromatic carbocycles. The number of amides is 1. The molecule has 1 amide bonds. The van der Waals surface area contributed by atoms with Crippen molar-refractivity contribution in [2.45, 2.75) is 45.1 Å². The summed E-state index contributed by atoms with van der Waals surface area (Å²) in [5.41, 5.74) is 1.09. The van der Waals surface area contributed by atoms with E-state index >= 15 is 0 Å². The minimum Gasteiger partial charge on any atom is -0.341 e. The van der Waals surface area contributed by atoms with Gasteiger partial charge in [-0.05, 0) is 36.5 Å². The first-order valence-corrected chi connectivity index (χ1v) is 7.51. The Bertz CT molecular complexity index is 427. The van der Waals surface area contributed by atoms with Crippen molar-refractivity contribution < 1.29 is 4.79 Å². The van der Waals surface area contributed by atoms with Crippen LogP contribution in [0, 0.1) is 5.92 Å². The summed E-state index contributed by atoms with van der Waals surface area (Å²) in [6, 6.07) is 7.72. The second-order valence-electron chi connectivity index (χ2n) is 5.59. The normalized spacial score (nSPS) is 16.3. The molecule has 0 aromatic heterocycles. The zero-order valence-electron chi connectivity index (χ0n) is 11.6. The molecule has 1 aliphatic rings. The first-order valence-electron chi connectivity index (χ1n) is 7.13. The Kier molecular flexibility index (Phi) is 5.26. The summed E-state index contributed by atoms with van der Waals surface area (Å²) in [7, 11) is 1.88. The van der Waals surface area contributed by atoms with Crippen molar-refractivity contribution in [3.63, 3.8) is 0 Å². The number of rotatable bonds is 4. The highest BCUT2D eigenvalue weighted by Gasteiger charge is 2.19. The maximum Gasteiger partial charge on any atom is 0.222 e. The average molecular weight is 280 g/mol. The van der Waals surface area contributed by atoms with E-state index in [-0.39, 0.29) is 5.91 Å². The molecule has 104 valence electrons. The molecule has 1 aliphatic carbocycles. The van der Waals surface area contributed by atoms with E-state index in [1.807, 2.05) is 36.2 Å². The van der Waals surface area contributed by atoms with E-state index in [1.165, 1.54) is 32.1 Å². The first kappa shape index (κ1) is 14.4. The molecule has 0 bridgehead atoms. The van der Waals surface area contributed by atoms with Gasteiger partial charge in [-0.3, -0.25) is 4.79 Å². The Balaban J connectivity index is 1.84. The molecule has 2 rings (SSSR count). The topological polar surface area (TPSA) is 20.3 Å². The molecule has 0 atom stereocenters. The van der Waals surface area contributed by atoms with Crippen molar-refractivity contribution in [1.29, 1.82) is 0 Å². The van der Waals surface area contributed by atoms with E-state index in [0.29, 0.717) is 18.9 Å². The Morgan fingerprint density at radius 3 is 2.74 bits per heavy atom. The Labute approximate surface area is 120 Å². The monoisotopic (exact) mass is 279 g/mol. The number of benzene rings is 1. The number of halogens is 1. The molecule has 0 heterocycles. The van der Waals surface area contributed by atoms with Gasteiger partial charge in [0.2, 0.25) is 5.91 Å². The number of hydrogen-bond donors (Lipinski definition) is 0. The molecule has 0 radical (unpaired) electrons. The standard InChI is InChI=1S/C16H22ClNO/c1-18(12-14-8-5-9-15(17)10-14)16(19)11-13-6-3-2-4-7-13/h5,8-10,13H,2-4,6-7,11-12H2,1H3. The van der Waals surface area contributed by atoms with Crippen molar-refractivity contribution in [2.75, 3.05) is 7.05 Å². The lowest BCUT2D eigenvalue weighted by molar-refractivity contribution is -0.131. The van der Waals surface area contributed by atoms with Crippen LogP contribution in [0.25, 0.3) is 0 Å². The van der Waals surface area contributed by atoms with E-state index in [1.54, 1.807) is 0 Å². The van der Waals surface area contributed by atoms with Gasteiger partial charge in [-0.2, -0.15) is 0 Å². The summed E-state index contributed by atoms with van der Waals surface area (Å²) in [5.74, 6) is 0.856. The van der Waals surface area contributed by atoms with Crippen LogP contribution in [-0.4, -0.2) is 17.9 Å². The fraction of sp³-hybridized carbons (Fsp3) is 0.562. The second-order valence-corrected chi connectivity index (χ2v) is 6.02. The number of carbonyl (C=O) groups excluding carboxylic acids is 1. The van der Waals surface area contributed by atoms with Gasteiger partial charge in [-0.25, -0.2) is 0 Å². The zero-order chi connectivity index (χ0) is 13.7. The quantitative estimate of drug-likeness (QED) is 0.806. The fourth-order valence-corrected chi connectivity index (χ4v) is 3.00. The molecule has 0 spiro atoms. The lowest BCUT2D eigenvalue weighted by Gasteiger charge is -2.24. The predicted octanol–water partition coefficient (Wildman–Crippen LogP) is 4.27. The van der Waals surface area contributed by atoms with E-state index in [0.717, 1.165) is 10.6 Å². The van der Waals surface area contributed by atoms with E-state index in [4.69, 9.17) is 11.6 Å². The smallest absolute Gasteiger partial charge is 0.222 e. The molecule has 3 heteroatoms. The van der Waals surface area contributed by atoms with E-state index in [2.05, 4.69) is 0 Å². The molecule has 19 heavy (non-hydrogen) atoms. The average Bonchev–Trinajstić information content (AvgIpc) is 2.40. The van der Waals surface area contributed by atoms with Crippen LogP contribution in [-0.2, 0) is 11.3 Å². The lowest BCUT2D eigenvalue weighted by Crippen LogP contribution is -2.28. The molecule has 0 N–H and O–H groups in total. The Morgan fingerprint density at radius 2 is 2.05 bits per heavy atom. The summed E-state index contributed by atoms with van der Waals surface area (Å²) in [5, 5.41) is 0.727. The van der Waals surface area contributed by atoms with Crippen molar-refractivity contribution in [3.05, 3.63) is 34.9 Å². The van der Waals surface area contributed by atoms with Crippen LogP contribution in [0.2, 0.25) is 5.02 Å². The van der Waals surface area contributed by atoms with Crippen molar-refractivity contribution in [2.24, 2.45) is 5.92 Å². The lowest BCUT2D eigenvalue weighted by atomic mass is 9.86. The van der Waals surface area contributed by atoms with Crippen LogP contribution in [0.15, 0.2) is 24.3 Å². The van der Waals surface area contributed by atoms with Crippen molar-refractivity contribution >= 4 is 17.5 Å². The zero-order valence-corrected chi connectivity index (χ0v) is 12.3. The van der Waals surface area contributed by atoms with Gasteiger partial charge in [-0.15, -0.1) is 0 Å². The number of hydrogen-bond acceptors (Lipinski definition) is 1. The van der Waals surface area contributed by atoms with Crippen molar-refractivity contribution in [3.8, 4) is 0 Å². The fourth-order valence-electron chi connectivity index (χ4n) is 2.79. The maximum absolute atomic E-state index is 12.2. The Hall–Kier alpha value is -1.02. The van der Waals surface area contributed by atoms with E-state index in [9.17, 15) is 4.79 Å². The molecular weight excluding hydrogens is 258 g/mol. The van der Waals surface area contributed by atoms with Gasteiger partial charge in [0, 0.05) is 25.0 Å². The number of carbonyl (C=O) groups is 1. The summed E-state index contributed by atoms with van der Waals surface area (Å²) in [6.45, 7) is 0.645. The molecular formula is C16H22ClNO. The van der Waals surface area contributed by atoms with Crippen LogP contribution < -0.4 is 0 Å². The first-order chi connectivity index (χ1) is 9.15. The third-order valence-corrected chi connectivity index (χ3v) is 4.16. The van der Waals surface area contributed by atoms with Crippen LogP contribution in [0.1, 0.15) is 44.1 Å². The van der Waals surface area contributed by atoms with Gasteiger partial charge in [0.05, 0.1) is 0 Å². The van der Waals surface area contributed by atoms with E-state index < -0.39 is 0 Å². The van der Waals surface area contributed by atoms with Gasteiger partial charge < -0.3 is 4.90 Å². The molecule has 0 unspecified atom stereocenters. The molecule has 1 saturated carbocycles. The van der Waals surface area contributed by atoms with Gasteiger partial charge >= 0.3 is 0 Å². The molecule has 1 aromatic rings. The second kappa shape index (κ2) is 6.95. The molecule has 0 saturated heterocycles. The predicted molar refractivity (Wildman–Crippen MR) is 79.1 cm³/mol. The van der Waals surface area contributed by atoms with Gasteiger partial charge in [0.25, 0.3) is 0 Å². The summed E-state index contributed by atoms with van der Waals surface area (Å²) >= 11 is 5.96. The highest BCUT2D eigenvalue weighted by molar-refractivity contribution is 6.30. The minimum atomic E-state index is 0.256. The Morgan fingerprint density at radius 1 is 1.32 bits per heavy atom. The molecule has 1 fully saturated rings. The summed E-state index contributed by atoms with van der Waals surface area (Å²) in [6.07, 6.45) is 7.06. The van der Waals surface area contributed by atoms with Crippen LogP contribution in [0.5, 0.6) is 0 Å². The largest absolute Gasteiger partial charge is 0.341 e. The summed E-state index contributed by atoms with van der Waals surface area (Å²) in [4.78, 5) is 14.0. The summed E-state index contributed by atoms with van der Waals surface area (Å²) < 4.78 is 0.